The molecule has 2 aliphatic heterocycles. The van der Waals surface area contributed by atoms with Crippen LogP contribution in [0.5, 0.6) is 0 Å². The predicted octanol–water partition coefficient (Wildman–Crippen LogP) is 3.06. The van der Waals surface area contributed by atoms with Crippen molar-refractivity contribution in [3.63, 3.8) is 0 Å². The van der Waals surface area contributed by atoms with Crippen LogP contribution >= 0.6 is 11.6 Å². The van der Waals surface area contributed by atoms with E-state index in [0.717, 1.165) is 50.9 Å². The van der Waals surface area contributed by atoms with Crippen LogP contribution in [-0.4, -0.2) is 66.5 Å². The molecule has 6 nitrogen and oxygen atoms in total. The molecule has 0 bridgehead atoms. The van der Waals surface area contributed by atoms with E-state index in [0.29, 0.717) is 17.3 Å². The minimum absolute atomic E-state index is 0.0351. The first-order valence-corrected chi connectivity index (χ1v) is 11.4. The van der Waals surface area contributed by atoms with Crippen LogP contribution in [0.15, 0.2) is 30.0 Å². The van der Waals surface area contributed by atoms with Gasteiger partial charge in [-0.15, -0.1) is 0 Å². The summed E-state index contributed by atoms with van der Waals surface area (Å²) in [6, 6.07) is 7.29. The third-order valence-corrected chi connectivity index (χ3v) is 6.46. The topological polar surface area (TPSA) is 61.9 Å². The van der Waals surface area contributed by atoms with E-state index < -0.39 is 0 Å². The van der Waals surface area contributed by atoms with Crippen LogP contribution in [0.3, 0.4) is 0 Å². The Kier molecular flexibility index (Phi) is 6.95. The number of hydrogen-bond acceptors (Lipinski definition) is 4. The van der Waals surface area contributed by atoms with Crippen molar-refractivity contribution < 1.29 is 14.3 Å². The quantitative estimate of drug-likeness (QED) is 0.703. The Hall–Kier alpha value is -2.05. The van der Waals surface area contributed by atoms with Crippen LogP contribution in [-0.2, 0) is 14.3 Å². The first kappa shape index (κ1) is 21.2. The van der Waals surface area contributed by atoms with E-state index in [9.17, 15) is 9.59 Å². The molecule has 2 atom stereocenters. The summed E-state index contributed by atoms with van der Waals surface area (Å²) in [5, 5.41) is 3.60. The van der Waals surface area contributed by atoms with Crippen molar-refractivity contribution >= 4 is 29.5 Å². The summed E-state index contributed by atoms with van der Waals surface area (Å²) in [6.45, 7) is 3.79. The molecule has 1 saturated carbocycles. The highest BCUT2D eigenvalue weighted by Gasteiger charge is 2.42. The largest absolute Gasteiger partial charge is 0.482 e. The molecule has 4 rings (SSSR count). The van der Waals surface area contributed by atoms with Crippen LogP contribution in [0.1, 0.15) is 44.1 Å². The molecule has 1 aliphatic carbocycles. The summed E-state index contributed by atoms with van der Waals surface area (Å²) in [5.41, 5.74) is 0.815. The van der Waals surface area contributed by atoms with Gasteiger partial charge < -0.3 is 19.9 Å². The fourth-order valence-corrected chi connectivity index (χ4v) is 4.88. The van der Waals surface area contributed by atoms with Crippen molar-refractivity contribution in [3.8, 4) is 0 Å². The zero-order valence-corrected chi connectivity index (χ0v) is 18.1. The van der Waals surface area contributed by atoms with E-state index in [2.05, 4.69) is 10.2 Å². The molecule has 1 N–H and O–H groups in total. The van der Waals surface area contributed by atoms with Gasteiger partial charge in [0.05, 0.1) is 6.04 Å². The number of morpholine rings is 1. The van der Waals surface area contributed by atoms with Crippen molar-refractivity contribution in [3.05, 3.63) is 40.6 Å². The maximum atomic E-state index is 13.2. The second kappa shape index (κ2) is 9.84. The van der Waals surface area contributed by atoms with Crippen LogP contribution in [0.2, 0.25) is 5.02 Å². The van der Waals surface area contributed by atoms with Crippen LogP contribution in [0, 0.1) is 0 Å². The minimum atomic E-state index is -0.215. The zero-order valence-electron chi connectivity index (χ0n) is 17.3. The lowest BCUT2D eigenvalue weighted by molar-refractivity contribution is -0.151. The van der Waals surface area contributed by atoms with Gasteiger partial charge in [0, 0.05) is 18.1 Å². The summed E-state index contributed by atoms with van der Waals surface area (Å²) in [6.07, 6.45) is 8.06. The molecule has 0 spiro atoms. The fraction of sp³-hybridized carbons (Fsp3) is 0.565. The predicted molar refractivity (Wildman–Crippen MR) is 117 cm³/mol. The summed E-state index contributed by atoms with van der Waals surface area (Å²) >= 11 is 6.08. The molecule has 2 heterocycles. The number of likely N-dealkylation sites (tertiary alicyclic amines) is 1. The van der Waals surface area contributed by atoms with E-state index in [1.54, 1.807) is 23.1 Å². The molecule has 3 fully saturated rings. The van der Waals surface area contributed by atoms with E-state index in [-0.39, 0.29) is 30.5 Å². The first-order chi connectivity index (χ1) is 14.6. The van der Waals surface area contributed by atoms with Crippen molar-refractivity contribution in [2.24, 2.45) is 0 Å². The Labute approximate surface area is 183 Å². The van der Waals surface area contributed by atoms with Crippen LogP contribution in [0.4, 0.5) is 0 Å². The molecule has 2 saturated heterocycles. The molecule has 7 heteroatoms. The Morgan fingerprint density at radius 1 is 1.20 bits per heavy atom. The molecule has 0 aromatic heterocycles. The Bertz CT molecular complexity index is 807. The highest BCUT2D eigenvalue weighted by atomic mass is 35.5. The highest BCUT2D eigenvalue weighted by molar-refractivity contribution is 6.30. The van der Waals surface area contributed by atoms with Gasteiger partial charge in [-0.1, -0.05) is 30.2 Å². The monoisotopic (exact) mass is 431 g/mol. The lowest BCUT2D eigenvalue weighted by atomic mass is 9.89. The van der Waals surface area contributed by atoms with Gasteiger partial charge in [0.25, 0.3) is 5.91 Å². The minimum Gasteiger partial charge on any atom is -0.482 e. The number of carbonyl (C=O) groups is 2. The third-order valence-electron chi connectivity index (χ3n) is 6.23. The lowest BCUT2D eigenvalue weighted by Gasteiger charge is -2.44. The van der Waals surface area contributed by atoms with Crippen molar-refractivity contribution in [1.29, 1.82) is 0 Å². The number of amides is 2. The maximum absolute atomic E-state index is 13.2. The SMILES string of the molecule is O=C(CN1C(=O)/C(=C\c2cccc(Cl)c2)OC2CCCCC21)NCCN1CCCC1. The molecule has 162 valence electrons. The average molecular weight is 432 g/mol. The second-order valence-corrected chi connectivity index (χ2v) is 8.84. The van der Waals surface area contributed by atoms with E-state index in [1.807, 2.05) is 12.1 Å². The lowest BCUT2D eigenvalue weighted by Crippen LogP contribution is -2.57. The van der Waals surface area contributed by atoms with Gasteiger partial charge in [-0.05, 0) is 69.0 Å². The number of hydrogen-bond donors (Lipinski definition) is 1. The Morgan fingerprint density at radius 2 is 2.00 bits per heavy atom. The first-order valence-electron chi connectivity index (χ1n) is 11.0. The van der Waals surface area contributed by atoms with E-state index in [1.165, 1.54) is 12.8 Å². The van der Waals surface area contributed by atoms with Crippen molar-refractivity contribution in [1.82, 2.24) is 15.1 Å². The van der Waals surface area contributed by atoms with Gasteiger partial charge >= 0.3 is 0 Å². The number of rotatable bonds is 6. The molecule has 1 aromatic rings. The average Bonchev–Trinajstić information content (AvgIpc) is 3.25. The molecule has 0 radical (unpaired) electrons. The molecular weight excluding hydrogens is 402 g/mol. The maximum Gasteiger partial charge on any atom is 0.289 e. The van der Waals surface area contributed by atoms with Crippen LogP contribution in [0.25, 0.3) is 6.08 Å². The molecule has 30 heavy (non-hydrogen) atoms. The Morgan fingerprint density at radius 3 is 2.80 bits per heavy atom. The number of nitrogens with zero attached hydrogens (tertiary/aromatic N) is 2. The van der Waals surface area contributed by atoms with Gasteiger partial charge in [0.15, 0.2) is 5.76 Å². The summed E-state index contributed by atoms with van der Waals surface area (Å²) in [7, 11) is 0. The van der Waals surface area contributed by atoms with Crippen LogP contribution < -0.4 is 5.32 Å². The standard InChI is InChI=1S/C23H30ClN3O3/c24-18-7-5-6-17(14-18)15-21-23(29)27(19-8-1-2-9-20(19)30-21)16-22(28)25-10-13-26-11-3-4-12-26/h5-7,14-15,19-20H,1-4,8-13,16H2,(H,25,28)/b21-15+. The van der Waals surface area contributed by atoms with E-state index >= 15 is 0 Å². The van der Waals surface area contributed by atoms with Gasteiger partial charge in [0.2, 0.25) is 5.91 Å². The van der Waals surface area contributed by atoms with Crippen molar-refractivity contribution in [2.75, 3.05) is 32.7 Å². The zero-order chi connectivity index (χ0) is 20.9. The summed E-state index contributed by atoms with van der Waals surface area (Å²) < 4.78 is 6.10. The number of carbonyl (C=O) groups excluding carboxylic acids is 2. The van der Waals surface area contributed by atoms with E-state index in [4.69, 9.17) is 16.3 Å². The second-order valence-electron chi connectivity index (χ2n) is 8.40. The van der Waals surface area contributed by atoms with Gasteiger partial charge in [-0.25, -0.2) is 0 Å². The highest BCUT2D eigenvalue weighted by Crippen LogP contribution is 2.33. The summed E-state index contributed by atoms with van der Waals surface area (Å²) in [4.78, 5) is 29.9. The molecule has 3 aliphatic rings. The number of ether oxygens (including phenoxy) is 1. The number of benzene rings is 1. The normalized spacial score (nSPS) is 25.8. The molecular formula is C23H30ClN3O3. The molecule has 2 amide bonds. The Balaban J connectivity index is 1.43. The third kappa shape index (κ3) is 5.16. The van der Waals surface area contributed by atoms with Gasteiger partial charge in [-0.3, -0.25) is 9.59 Å². The van der Waals surface area contributed by atoms with Crippen molar-refractivity contribution in [2.45, 2.75) is 50.7 Å². The number of fused-ring (bicyclic) bond motifs is 1. The van der Waals surface area contributed by atoms with Gasteiger partial charge in [0.1, 0.15) is 12.6 Å². The molecule has 1 aromatic carbocycles. The van der Waals surface area contributed by atoms with Gasteiger partial charge in [-0.2, -0.15) is 0 Å². The smallest absolute Gasteiger partial charge is 0.289 e. The summed E-state index contributed by atoms with van der Waals surface area (Å²) in [5.74, 6) is -0.0195. The molecule has 2 unspecified atom stereocenters. The number of nitrogens with one attached hydrogen (secondary N) is 1. The number of halogens is 1. The fourth-order valence-electron chi connectivity index (χ4n) is 4.68.